The Hall–Kier alpha value is -11.7. The predicted molar refractivity (Wildman–Crippen MR) is 395 cm³/mol. The Morgan fingerprint density at radius 3 is 0.600 bits per heavy atom. The Morgan fingerprint density at radius 1 is 0.0889 bits per heavy atom. The van der Waals surface area contributed by atoms with Crippen LogP contribution >= 0.6 is 0 Å². The summed E-state index contributed by atoms with van der Waals surface area (Å²) in [5.41, 5.74) is 0. The first kappa shape index (κ1) is 54.9. The van der Waals surface area contributed by atoms with E-state index < -0.39 is 0 Å². The third-order valence-electron chi connectivity index (χ3n) is 17.6. The summed E-state index contributed by atoms with van der Waals surface area (Å²) in [6.07, 6.45) is 0. The maximum atomic E-state index is 2.30. The smallest absolute Gasteiger partial charge is 0.00268 e. The second-order valence-corrected chi connectivity index (χ2v) is 23.1. The van der Waals surface area contributed by atoms with E-state index in [0.717, 1.165) is 0 Å². The average molecular weight is 1140 g/mol. The van der Waals surface area contributed by atoms with Gasteiger partial charge in [-0.25, -0.2) is 0 Å². The molecule has 0 spiro atoms. The van der Waals surface area contributed by atoms with Gasteiger partial charge in [0.25, 0.3) is 0 Å². The number of fused-ring (bicyclic) bond motifs is 15. The van der Waals surface area contributed by atoms with Gasteiger partial charge in [-0.05, 0) is 175 Å². The zero-order chi connectivity index (χ0) is 60.0. The van der Waals surface area contributed by atoms with Crippen LogP contribution in [0.15, 0.2) is 376 Å². The molecule has 0 saturated heterocycles. The van der Waals surface area contributed by atoms with Crippen molar-refractivity contribution in [1.29, 1.82) is 0 Å². The van der Waals surface area contributed by atoms with E-state index in [1.165, 1.54) is 151 Å². The average Bonchev–Trinajstić information content (AvgIpc) is 1.30. The zero-order valence-corrected chi connectivity index (χ0v) is 49.8. The predicted octanol–water partition coefficient (Wildman–Crippen LogP) is 25.7. The minimum absolute atomic E-state index is 1.31. The van der Waals surface area contributed by atoms with E-state index in [9.17, 15) is 0 Å². The van der Waals surface area contributed by atoms with Gasteiger partial charge in [-0.3, -0.25) is 0 Å². The Bertz CT molecular complexity index is 5470. The first-order valence-electron chi connectivity index (χ1n) is 31.0. The molecule has 90 heavy (non-hydrogen) atoms. The molecule has 0 aliphatic carbocycles. The highest BCUT2D eigenvalue weighted by molar-refractivity contribution is 6.23. The molecule has 0 saturated carbocycles. The van der Waals surface area contributed by atoms with Gasteiger partial charge in [-0.15, -0.1) is 0 Å². The molecule has 20 aromatic carbocycles. The first-order chi connectivity index (χ1) is 44.6. The van der Waals surface area contributed by atoms with E-state index in [1.54, 1.807) is 0 Å². The van der Waals surface area contributed by atoms with E-state index in [-0.39, 0.29) is 0 Å². The Balaban J connectivity index is 0.0000000909. The van der Waals surface area contributed by atoms with Gasteiger partial charge in [-0.1, -0.05) is 352 Å². The molecular weight excluding hydrogens is 1080 g/mol. The third kappa shape index (κ3) is 11.2. The van der Waals surface area contributed by atoms with E-state index >= 15 is 0 Å². The van der Waals surface area contributed by atoms with Gasteiger partial charge in [0.05, 0.1) is 0 Å². The molecule has 20 aromatic rings. The quantitative estimate of drug-likeness (QED) is 0.105. The summed E-state index contributed by atoms with van der Waals surface area (Å²) in [5, 5.41) is 37.2. The molecule has 0 amide bonds. The summed E-state index contributed by atoms with van der Waals surface area (Å²) in [4.78, 5) is 0. The van der Waals surface area contributed by atoms with Crippen LogP contribution in [0, 0.1) is 0 Å². The van der Waals surface area contributed by atoms with Crippen LogP contribution in [0.25, 0.3) is 151 Å². The van der Waals surface area contributed by atoms with Crippen LogP contribution in [0.5, 0.6) is 0 Å². The number of hydrogen-bond donors (Lipinski definition) is 0. The van der Waals surface area contributed by atoms with Gasteiger partial charge in [0.15, 0.2) is 0 Å². The monoisotopic (exact) mass is 1140 g/mol. The summed E-state index contributed by atoms with van der Waals surface area (Å²) in [6, 6.07) is 133. The minimum atomic E-state index is 1.31. The van der Waals surface area contributed by atoms with Crippen molar-refractivity contribution >= 4 is 151 Å². The lowest BCUT2D eigenvalue weighted by Crippen LogP contribution is -1.82. The molecule has 0 unspecified atom stereocenters. The van der Waals surface area contributed by atoms with E-state index in [1.807, 2.05) is 0 Å². The molecule has 0 fully saturated rings. The van der Waals surface area contributed by atoms with Crippen LogP contribution in [0.2, 0.25) is 0 Å². The lowest BCUT2D eigenvalue weighted by molar-refractivity contribution is 1.75. The SMILES string of the molecule is c1cc2ccc3cccc4ccc(c1)c2c34.c1ccc2c(c1)ccc1ccc3ccccc3c12.c1ccc2c(c1)ccc1ccccc12.c1ccc2cc3c(ccc4ccccc43)cc2c1.c1ccc2cc3ccccc3cc2c1.c1ccc2ccccc2c1. The fourth-order valence-corrected chi connectivity index (χ4v) is 13.1. The lowest BCUT2D eigenvalue weighted by atomic mass is 9.95. The van der Waals surface area contributed by atoms with Crippen LogP contribution < -0.4 is 0 Å². The third-order valence-corrected chi connectivity index (χ3v) is 17.6. The second kappa shape index (κ2) is 25.0. The highest BCUT2D eigenvalue weighted by Gasteiger charge is 2.08. The molecule has 0 aliphatic rings. The van der Waals surface area contributed by atoms with E-state index in [4.69, 9.17) is 0 Å². The molecule has 0 aliphatic heterocycles. The van der Waals surface area contributed by atoms with Crippen LogP contribution in [-0.4, -0.2) is 0 Å². The molecule has 20 rings (SSSR count). The molecule has 0 atom stereocenters. The summed E-state index contributed by atoms with van der Waals surface area (Å²) in [5.74, 6) is 0. The lowest BCUT2D eigenvalue weighted by Gasteiger charge is -2.09. The molecule has 0 bridgehead atoms. The molecule has 0 heteroatoms. The van der Waals surface area contributed by atoms with Crippen LogP contribution in [0.4, 0.5) is 0 Å². The molecule has 0 radical (unpaired) electrons. The highest BCUT2D eigenvalue weighted by Crippen LogP contribution is 2.36. The molecular formula is C90H62. The number of hydrogen-bond acceptors (Lipinski definition) is 0. The van der Waals surface area contributed by atoms with Crippen molar-refractivity contribution in [3.63, 3.8) is 0 Å². The van der Waals surface area contributed by atoms with Crippen molar-refractivity contribution in [3.05, 3.63) is 376 Å². The number of rotatable bonds is 0. The van der Waals surface area contributed by atoms with Crippen LogP contribution in [0.3, 0.4) is 0 Å². The largest absolute Gasteiger partial charge is 0.0616 e. The van der Waals surface area contributed by atoms with Gasteiger partial charge in [-0.2, -0.15) is 0 Å². The fraction of sp³-hybridized carbons (Fsp3) is 0. The zero-order valence-electron chi connectivity index (χ0n) is 49.8. The summed E-state index contributed by atoms with van der Waals surface area (Å²) >= 11 is 0. The fourth-order valence-electron chi connectivity index (χ4n) is 13.1. The molecule has 0 N–H and O–H groups in total. The van der Waals surface area contributed by atoms with Crippen molar-refractivity contribution in [1.82, 2.24) is 0 Å². The van der Waals surface area contributed by atoms with Gasteiger partial charge in [0, 0.05) is 0 Å². The van der Waals surface area contributed by atoms with Crippen molar-refractivity contribution in [2.24, 2.45) is 0 Å². The van der Waals surface area contributed by atoms with Crippen LogP contribution in [-0.2, 0) is 0 Å². The Labute approximate surface area is 523 Å². The standard InChI is InChI=1S/2C18H12.C16H10.2C14H10.C10H8/c1-3-7-16-13(5-1)9-11-15-12-10-14-6-2-4-8-17(14)18(15)16;1-2-7-15-12-18-16(11-14(15)6-1)10-9-13-5-3-4-8-17(13)18;1-3-11-7-9-13-5-2-6-14-10-8-12(4-1)15(11)16(13)14;1-3-7-13-11(5-1)9-10-12-6-2-4-8-14(12)13;1-2-6-12-10-14-8-4-3-7-13(14)9-11(12)5-1;1-2-6-10-8-4-3-7-9(10)5-1/h2*1-12H;1-10H;2*1-10H;1-8H. The van der Waals surface area contributed by atoms with Crippen molar-refractivity contribution in [2.45, 2.75) is 0 Å². The first-order valence-corrected chi connectivity index (χ1v) is 31.0. The van der Waals surface area contributed by atoms with Gasteiger partial charge in [0.1, 0.15) is 0 Å². The van der Waals surface area contributed by atoms with Crippen molar-refractivity contribution in [3.8, 4) is 0 Å². The molecule has 422 valence electrons. The highest BCUT2D eigenvalue weighted by atomic mass is 14.1. The van der Waals surface area contributed by atoms with Crippen molar-refractivity contribution in [2.75, 3.05) is 0 Å². The maximum Gasteiger partial charge on any atom is -0.00268 e. The van der Waals surface area contributed by atoms with Gasteiger partial charge in [0.2, 0.25) is 0 Å². The molecule has 0 heterocycles. The summed E-state index contributed by atoms with van der Waals surface area (Å²) in [7, 11) is 0. The molecule has 0 aromatic heterocycles. The molecule has 0 nitrogen and oxygen atoms in total. The maximum absolute atomic E-state index is 2.30. The summed E-state index contributed by atoms with van der Waals surface area (Å²) < 4.78 is 0. The van der Waals surface area contributed by atoms with Gasteiger partial charge >= 0.3 is 0 Å². The van der Waals surface area contributed by atoms with Gasteiger partial charge < -0.3 is 0 Å². The van der Waals surface area contributed by atoms with E-state index in [2.05, 4.69) is 376 Å². The topological polar surface area (TPSA) is 0 Å². The van der Waals surface area contributed by atoms with Crippen LogP contribution in [0.1, 0.15) is 0 Å². The normalized spacial score (nSPS) is 11.1. The van der Waals surface area contributed by atoms with Crippen molar-refractivity contribution < 1.29 is 0 Å². The Morgan fingerprint density at radius 2 is 0.278 bits per heavy atom. The van der Waals surface area contributed by atoms with E-state index in [0.29, 0.717) is 0 Å². The minimum Gasteiger partial charge on any atom is -0.0616 e. The number of benzene rings is 20. The second-order valence-electron chi connectivity index (χ2n) is 23.1. The Kier molecular flexibility index (Phi) is 15.2. The summed E-state index contributed by atoms with van der Waals surface area (Å²) in [6.45, 7) is 0.